The highest BCUT2D eigenvalue weighted by Gasteiger charge is 2.41. The molecule has 1 aliphatic carbocycles. The summed E-state index contributed by atoms with van der Waals surface area (Å²) in [6.45, 7) is 8.46. The summed E-state index contributed by atoms with van der Waals surface area (Å²) in [6, 6.07) is 0. The van der Waals surface area contributed by atoms with Gasteiger partial charge in [0.1, 0.15) is 12.2 Å². The molecule has 5 nitrogen and oxygen atoms in total. The summed E-state index contributed by atoms with van der Waals surface area (Å²) in [5.41, 5.74) is -0.312. The maximum absolute atomic E-state index is 12.1. The van der Waals surface area contributed by atoms with E-state index in [0.29, 0.717) is 38.3 Å². The Morgan fingerprint density at radius 1 is 1.18 bits per heavy atom. The van der Waals surface area contributed by atoms with Gasteiger partial charge in [-0.15, -0.1) is 0 Å². The summed E-state index contributed by atoms with van der Waals surface area (Å²) in [4.78, 5) is 12.1. The predicted octanol–water partition coefficient (Wildman–Crippen LogP) is 2.81. The summed E-state index contributed by atoms with van der Waals surface area (Å²) < 4.78 is 21.3. The van der Waals surface area contributed by atoms with Crippen LogP contribution in [0.2, 0.25) is 0 Å². The van der Waals surface area contributed by atoms with E-state index in [2.05, 4.69) is 20.8 Å². The van der Waals surface area contributed by atoms with Crippen molar-refractivity contribution in [2.75, 3.05) is 40.1 Å². The molecule has 0 radical (unpaired) electrons. The van der Waals surface area contributed by atoms with Gasteiger partial charge in [0.05, 0.1) is 26.4 Å². The Bertz CT molecular complexity index is 318. The number of esters is 1. The number of hydrogen-bond donors (Lipinski definition) is 0. The van der Waals surface area contributed by atoms with E-state index in [4.69, 9.17) is 18.9 Å². The molecule has 0 N–H and O–H groups in total. The smallest absolute Gasteiger partial charge is 0.332 e. The third kappa shape index (κ3) is 6.63. The van der Waals surface area contributed by atoms with Gasteiger partial charge in [-0.25, -0.2) is 4.79 Å². The lowest BCUT2D eigenvalue weighted by molar-refractivity contribution is -0.177. The Balaban J connectivity index is 2.26. The molecule has 22 heavy (non-hydrogen) atoms. The monoisotopic (exact) mass is 316 g/mol. The van der Waals surface area contributed by atoms with Crippen LogP contribution in [-0.4, -0.2) is 51.7 Å². The molecule has 1 fully saturated rings. The summed E-state index contributed by atoms with van der Waals surface area (Å²) in [6.07, 6.45) is 4.26. The first-order valence-electron chi connectivity index (χ1n) is 8.36. The Morgan fingerprint density at radius 2 is 1.86 bits per heavy atom. The molecule has 5 heteroatoms. The van der Waals surface area contributed by atoms with Crippen molar-refractivity contribution in [3.05, 3.63) is 0 Å². The van der Waals surface area contributed by atoms with Gasteiger partial charge < -0.3 is 18.9 Å². The van der Waals surface area contributed by atoms with Crippen LogP contribution in [0.4, 0.5) is 0 Å². The molecule has 0 aromatic rings. The lowest BCUT2D eigenvalue weighted by Crippen LogP contribution is -2.45. The molecule has 1 saturated carbocycles. The van der Waals surface area contributed by atoms with Crippen molar-refractivity contribution < 1.29 is 23.7 Å². The minimum absolute atomic E-state index is 0.00348. The van der Waals surface area contributed by atoms with Crippen LogP contribution in [0.25, 0.3) is 0 Å². The van der Waals surface area contributed by atoms with E-state index in [1.807, 2.05) is 0 Å². The first-order chi connectivity index (χ1) is 10.5. The van der Waals surface area contributed by atoms with Gasteiger partial charge in [0.2, 0.25) is 0 Å². The summed E-state index contributed by atoms with van der Waals surface area (Å²) >= 11 is 0. The molecule has 1 unspecified atom stereocenters. The Morgan fingerprint density at radius 3 is 2.50 bits per heavy atom. The van der Waals surface area contributed by atoms with Gasteiger partial charge in [0.25, 0.3) is 0 Å². The number of rotatable bonds is 10. The van der Waals surface area contributed by atoms with Gasteiger partial charge in [-0.3, -0.25) is 0 Å². The topological polar surface area (TPSA) is 54.0 Å². The fourth-order valence-corrected chi connectivity index (χ4v) is 3.05. The second-order valence-corrected chi connectivity index (χ2v) is 6.55. The lowest BCUT2D eigenvalue weighted by atomic mass is 9.73. The fraction of sp³-hybridized carbons (Fsp3) is 0.941. The van der Waals surface area contributed by atoms with Crippen LogP contribution in [0.1, 0.15) is 46.5 Å². The van der Waals surface area contributed by atoms with Gasteiger partial charge in [-0.1, -0.05) is 27.2 Å². The zero-order chi connectivity index (χ0) is 16.4. The largest absolute Gasteiger partial charge is 0.457 e. The van der Waals surface area contributed by atoms with Crippen LogP contribution < -0.4 is 0 Å². The van der Waals surface area contributed by atoms with E-state index < -0.39 is 0 Å². The molecule has 0 saturated heterocycles. The number of hydrogen-bond acceptors (Lipinski definition) is 5. The Labute approximate surface area is 134 Å². The number of methoxy groups -OCH3 is 1. The lowest BCUT2D eigenvalue weighted by Gasteiger charge is -2.42. The molecule has 0 aliphatic heterocycles. The molecule has 0 heterocycles. The average Bonchev–Trinajstić information content (AvgIpc) is 2.46. The van der Waals surface area contributed by atoms with E-state index in [-0.39, 0.29) is 18.2 Å². The van der Waals surface area contributed by atoms with Crippen LogP contribution in [0.3, 0.4) is 0 Å². The molecule has 130 valence electrons. The molecule has 0 spiro atoms. The van der Waals surface area contributed by atoms with Crippen molar-refractivity contribution >= 4 is 5.97 Å². The van der Waals surface area contributed by atoms with Gasteiger partial charge in [-0.2, -0.15) is 0 Å². The standard InChI is InChI=1S/C17H32O5/c1-14(2)17(7-5-6-15(3)12-17)22-16(18)13-21-11-10-20-9-8-19-4/h14-15H,5-13H2,1-4H3/t15-,17?/m1/s1. The molecular formula is C17H32O5. The molecule has 1 aliphatic rings. The number of carbonyl (C=O) groups excluding carboxylic acids is 1. The SMILES string of the molecule is COCCOCCOCC(=O)OC1(C(C)C)CCC[C@@H](C)C1. The van der Waals surface area contributed by atoms with Crippen molar-refractivity contribution in [3.63, 3.8) is 0 Å². The molecule has 0 aromatic heterocycles. The van der Waals surface area contributed by atoms with Crippen molar-refractivity contribution in [1.29, 1.82) is 0 Å². The fourth-order valence-electron chi connectivity index (χ4n) is 3.05. The highest BCUT2D eigenvalue weighted by molar-refractivity contribution is 5.71. The van der Waals surface area contributed by atoms with Crippen molar-refractivity contribution in [2.45, 2.75) is 52.1 Å². The quantitative estimate of drug-likeness (QED) is 0.458. The van der Waals surface area contributed by atoms with Crippen molar-refractivity contribution in [2.24, 2.45) is 11.8 Å². The predicted molar refractivity (Wildman–Crippen MR) is 84.8 cm³/mol. The van der Waals surface area contributed by atoms with Crippen LogP contribution in [-0.2, 0) is 23.7 Å². The van der Waals surface area contributed by atoms with Crippen LogP contribution >= 0.6 is 0 Å². The van der Waals surface area contributed by atoms with Gasteiger partial charge in [0.15, 0.2) is 0 Å². The van der Waals surface area contributed by atoms with E-state index in [0.717, 1.165) is 19.3 Å². The number of carbonyl (C=O) groups is 1. The zero-order valence-electron chi connectivity index (χ0n) is 14.6. The minimum Gasteiger partial charge on any atom is -0.457 e. The highest BCUT2D eigenvalue weighted by atomic mass is 16.6. The van der Waals surface area contributed by atoms with Gasteiger partial charge in [0, 0.05) is 7.11 Å². The molecule has 0 aromatic carbocycles. The van der Waals surface area contributed by atoms with E-state index >= 15 is 0 Å². The average molecular weight is 316 g/mol. The first kappa shape index (κ1) is 19.4. The maximum Gasteiger partial charge on any atom is 0.332 e. The van der Waals surface area contributed by atoms with Crippen LogP contribution in [0.5, 0.6) is 0 Å². The van der Waals surface area contributed by atoms with E-state index in [1.165, 1.54) is 6.42 Å². The third-order valence-electron chi connectivity index (χ3n) is 4.38. The zero-order valence-corrected chi connectivity index (χ0v) is 14.6. The van der Waals surface area contributed by atoms with Gasteiger partial charge in [-0.05, 0) is 31.1 Å². The van der Waals surface area contributed by atoms with Crippen LogP contribution in [0.15, 0.2) is 0 Å². The van der Waals surface area contributed by atoms with Crippen molar-refractivity contribution in [3.8, 4) is 0 Å². The summed E-state index contributed by atoms with van der Waals surface area (Å²) in [7, 11) is 1.63. The second-order valence-electron chi connectivity index (χ2n) is 6.55. The second kappa shape index (κ2) is 10.2. The molecule has 0 bridgehead atoms. The molecule has 1 rings (SSSR count). The van der Waals surface area contributed by atoms with Gasteiger partial charge >= 0.3 is 5.97 Å². The molecule has 0 amide bonds. The summed E-state index contributed by atoms with van der Waals surface area (Å²) in [5.74, 6) is 0.676. The highest BCUT2D eigenvalue weighted by Crippen LogP contribution is 2.40. The normalized spacial score (nSPS) is 25.4. The van der Waals surface area contributed by atoms with E-state index in [1.54, 1.807) is 7.11 Å². The Hall–Kier alpha value is -0.650. The minimum atomic E-state index is -0.312. The molecule has 2 atom stereocenters. The maximum atomic E-state index is 12.1. The van der Waals surface area contributed by atoms with Crippen molar-refractivity contribution in [1.82, 2.24) is 0 Å². The first-order valence-corrected chi connectivity index (χ1v) is 8.36. The van der Waals surface area contributed by atoms with E-state index in [9.17, 15) is 4.79 Å². The molecular weight excluding hydrogens is 284 g/mol. The Kier molecular flexibility index (Phi) is 8.98. The number of ether oxygens (including phenoxy) is 4. The summed E-state index contributed by atoms with van der Waals surface area (Å²) in [5, 5.41) is 0. The third-order valence-corrected chi connectivity index (χ3v) is 4.38. The van der Waals surface area contributed by atoms with Crippen LogP contribution in [0, 0.1) is 11.8 Å².